The highest BCUT2D eigenvalue weighted by molar-refractivity contribution is 5.90. The Morgan fingerprint density at radius 1 is 1.35 bits per heavy atom. The molecular formula is C14H20N6O3. The number of nitrogens with zero attached hydrogens (tertiary/aromatic N) is 2. The van der Waals surface area contributed by atoms with Crippen LogP contribution in [0.2, 0.25) is 0 Å². The maximum atomic E-state index is 12.2. The molecule has 1 saturated heterocycles. The van der Waals surface area contributed by atoms with Crippen molar-refractivity contribution < 1.29 is 9.83 Å². The number of benzene rings is 1. The molecule has 0 spiro atoms. The van der Waals surface area contributed by atoms with E-state index in [2.05, 4.69) is 5.32 Å². The number of likely N-dealkylation sites (tertiary alicyclic amines) is 1. The summed E-state index contributed by atoms with van der Waals surface area (Å²) in [5, 5.41) is 19.3. The minimum absolute atomic E-state index is 0.0262. The molecule has 0 saturated carbocycles. The minimum atomic E-state index is -0.813. The van der Waals surface area contributed by atoms with Crippen molar-refractivity contribution in [1.82, 2.24) is 10.3 Å². The van der Waals surface area contributed by atoms with Crippen molar-refractivity contribution in [2.75, 3.05) is 18.4 Å². The van der Waals surface area contributed by atoms with Crippen molar-refractivity contribution in [2.24, 2.45) is 5.73 Å². The number of anilines is 1. The SMILES string of the molecule is N=C(Nc1ccc(C[C@H](N)C(=O)N2CCCC2)cc1)N[N+](=O)[O-]. The summed E-state index contributed by atoms with van der Waals surface area (Å²) < 4.78 is 0. The van der Waals surface area contributed by atoms with Crippen LogP contribution in [0.3, 0.4) is 0 Å². The van der Waals surface area contributed by atoms with Gasteiger partial charge in [-0.15, -0.1) is 0 Å². The summed E-state index contributed by atoms with van der Waals surface area (Å²) in [7, 11) is 0. The number of hydrogen-bond acceptors (Lipinski definition) is 5. The molecule has 1 aliphatic heterocycles. The van der Waals surface area contributed by atoms with E-state index in [0.717, 1.165) is 31.5 Å². The first kappa shape index (κ1) is 16.7. The smallest absolute Gasteiger partial charge is 0.255 e. The van der Waals surface area contributed by atoms with Crippen molar-refractivity contribution in [3.8, 4) is 0 Å². The summed E-state index contributed by atoms with van der Waals surface area (Å²) in [6, 6.07) is 6.34. The Labute approximate surface area is 133 Å². The Bertz CT molecular complexity index is 583. The Balaban J connectivity index is 1.87. The van der Waals surface area contributed by atoms with Crippen LogP contribution < -0.4 is 16.5 Å². The average Bonchev–Trinajstić information content (AvgIpc) is 3.01. The lowest BCUT2D eigenvalue weighted by Gasteiger charge is -2.20. The van der Waals surface area contributed by atoms with Gasteiger partial charge in [-0.3, -0.25) is 10.2 Å². The normalized spacial score (nSPS) is 15.1. The minimum Gasteiger partial charge on any atom is -0.341 e. The van der Waals surface area contributed by atoms with Crippen LogP contribution in [-0.4, -0.2) is 40.9 Å². The van der Waals surface area contributed by atoms with Gasteiger partial charge >= 0.3 is 0 Å². The Kier molecular flexibility index (Phi) is 5.47. The predicted molar refractivity (Wildman–Crippen MR) is 85.4 cm³/mol. The van der Waals surface area contributed by atoms with Gasteiger partial charge in [-0.1, -0.05) is 17.6 Å². The topological polar surface area (TPSA) is 137 Å². The third-order valence-corrected chi connectivity index (χ3v) is 3.62. The second-order valence-corrected chi connectivity index (χ2v) is 5.41. The second-order valence-electron chi connectivity index (χ2n) is 5.41. The zero-order chi connectivity index (χ0) is 16.8. The lowest BCUT2D eigenvalue weighted by atomic mass is 10.1. The monoisotopic (exact) mass is 320 g/mol. The van der Waals surface area contributed by atoms with Gasteiger partial charge in [0.1, 0.15) is 0 Å². The zero-order valence-corrected chi connectivity index (χ0v) is 12.6. The largest absolute Gasteiger partial charge is 0.341 e. The number of amides is 1. The third kappa shape index (κ3) is 4.92. The van der Waals surface area contributed by atoms with Crippen molar-refractivity contribution in [2.45, 2.75) is 25.3 Å². The Hall–Kier alpha value is -2.68. The van der Waals surface area contributed by atoms with Gasteiger partial charge in [-0.25, -0.2) is 10.1 Å². The van der Waals surface area contributed by atoms with Gasteiger partial charge < -0.3 is 16.0 Å². The van der Waals surface area contributed by atoms with Crippen LogP contribution >= 0.6 is 0 Å². The van der Waals surface area contributed by atoms with Gasteiger partial charge in [0.2, 0.25) is 5.91 Å². The number of carbonyl (C=O) groups excluding carboxylic acids is 1. The average molecular weight is 320 g/mol. The number of rotatable bonds is 5. The number of nitro groups is 1. The number of hydrogen-bond donors (Lipinski definition) is 4. The van der Waals surface area contributed by atoms with Crippen LogP contribution in [0.5, 0.6) is 0 Å². The number of carbonyl (C=O) groups is 1. The first-order chi connectivity index (χ1) is 11.0. The van der Waals surface area contributed by atoms with Gasteiger partial charge in [0.05, 0.1) is 6.04 Å². The molecular weight excluding hydrogens is 300 g/mol. The van der Waals surface area contributed by atoms with Crippen molar-refractivity contribution in [3.63, 3.8) is 0 Å². The van der Waals surface area contributed by atoms with Crippen LogP contribution in [0.1, 0.15) is 18.4 Å². The second kappa shape index (κ2) is 7.54. The summed E-state index contributed by atoms with van der Waals surface area (Å²) >= 11 is 0. The van der Waals surface area contributed by atoms with Gasteiger partial charge in [-0.2, -0.15) is 0 Å². The highest BCUT2D eigenvalue weighted by atomic mass is 16.7. The maximum absolute atomic E-state index is 12.2. The fourth-order valence-corrected chi connectivity index (χ4v) is 2.50. The molecule has 0 bridgehead atoms. The molecule has 0 aromatic heterocycles. The van der Waals surface area contributed by atoms with Crippen molar-refractivity contribution >= 4 is 17.6 Å². The van der Waals surface area contributed by atoms with Crippen molar-refractivity contribution in [1.29, 1.82) is 5.41 Å². The number of hydrazine groups is 1. The first-order valence-electron chi connectivity index (χ1n) is 7.35. The van der Waals surface area contributed by atoms with E-state index in [1.165, 1.54) is 0 Å². The van der Waals surface area contributed by atoms with Crippen LogP contribution in [0.15, 0.2) is 24.3 Å². The van der Waals surface area contributed by atoms with E-state index in [0.29, 0.717) is 12.1 Å². The van der Waals surface area contributed by atoms with E-state index < -0.39 is 17.0 Å². The fraction of sp³-hybridized carbons (Fsp3) is 0.429. The summed E-state index contributed by atoms with van der Waals surface area (Å²) in [5.41, 5.74) is 9.11. The molecule has 1 heterocycles. The highest BCUT2D eigenvalue weighted by Crippen LogP contribution is 2.13. The van der Waals surface area contributed by atoms with E-state index in [1.807, 2.05) is 0 Å². The molecule has 1 fully saturated rings. The zero-order valence-electron chi connectivity index (χ0n) is 12.6. The lowest BCUT2D eigenvalue weighted by molar-refractivity contribution is -0.525. The maximum Gasteiger partial charge on any atom is 0.255 e. The predicted octanol–water partition coefficient (Wildman–Crippen LogP) is 0.307. The van der Waals surface area contributed by atoms with E-state index >= 15 is 0 Å². The van der Waals surface area contributed by atoms with E-state index in [9.17, 15) is 14.9 Å². The molecule has 0 aliphatic carbocycles. The van der Waals surface area contributed by atoms with Gasteiger partial charge in [0, 0.05) is 18.8 Å². The highest BCUT2D eigenvalue weighted by Gasteiger charge is 2.23. The Morgan fingerprint density at radius 2 is 1.96 bits per heavy atom. The molecule has 1 atom stereocenters. The van der Waals surface area contributed by atoms with Crippen LogP contribution in [0.25, 0.3) is 0 Å². The summed E-state index contributed by atoms with van der Waals surface area (Å²) in [6.45, 7) is 1.56. The molecule has 23 heavy (non-hydrogen) atoms. The van der Waals surface area contributed by atoms with Crippen molar-refractivity contribution in [3.05, 3.63) is 39.9 Å². The standard InChI is InChI=1S/C14H20N6O3/c15-12(13(21)19-7-1-2-8-19)9-10-3-5-11(6-4-10)17-14(16)18-20(22)23/h3-6,12H,1-2,7-9,15H2,(H3,16,17,18)/t12-/m0/s1. The molecule has 1 aromatic rings. The first-order valence-corrected chi connectivity index (χ1v) is 7.35. The lowest BCUT2D eigenvalue weighted by Crippen LogP contribution is -2.43. The molecule has 1 aromatic carbocycles. The van der Waals surface area contributed by atoms with Crippen LogP contribution in [-0.2, 0) is 11.2 Å². The summed E-state index contributed by atoms with van der Waals surface area (Å²) in [6.07, 6.45) is 2.49. The molecule has 1 amide bonds. The van der Waals surface area contributed by atoms with Gasteiger partial charge in [0.25, 0.3) is 5.96 Å². The molecule has 2 rings (SSSR count). The Morgan fingerprint density at radius 3 is 2.52 bits per heavy atom. The molecule has 9 nitrogen and oxygen atoms in total. The number of guanidine groups is 1. The van der Waals surface area contributed by atoms with Crippen LogP contribution in [0.4, 0.5) is 5.69 Å². The molecule has 9 heteroatoms. The third-order valence-electron chi connectivity index (χ3n) is 3.62. The molecule has 5 N–H and O–H groups in total. The molecule has 1 aliphatic rings. The molecule has 0 unspecified atom stereocenters. The molecule has 0 radical (unpaired) electrons. The number of nitrogens with two attached hydrogens (primary N) is 1. The quantitative estimate of drug-likeness (QED) is 0.266. The summed E-state index contributed by atoms with van der Waals surface area (Å²) in [5.74, 6) is -0.453. The van der Waals surface area contributed by atoms with Crippen LogP contribution in [0, 0.1) is 15.5 Å². The van der Waals surface area contributed by atoms with E-state index in [4.69, 9.17) is 11.1 Å². The fourth-order valence-electron chi connectivity index (χ4n) is 2.50. The van der Waals surface area contributed by atoms with Gasteiger partial charge in [-0.05, 0) is 37.0 Å². The molecule has 124 valence electrons. The summed E-state index contributed by atoms with van der Waals surface area (Å²) in [4.78, 5) is 24.2. The van der Waals surface area contributed by atoms with E-state index in [1.54, 1.807) is 34.6 Å². The van der Waals surface area contributed by atoms with Gasteiger partial charge in [0.15, 0.2) is 5.03 Å². The number of nitrogens with one attached hydrogen (secondary N) is 3. The van der Waals surface area contributed by atoms with E-state index in [-0.39, 0.29) is 5.91 Å².